The van der Waals surface area contributed by atoms with E-state index in [2.05, 4.69) is 10.0 Å². The van der Waals surface area contributed by atoms with Crippen LogP contribution >= 0.6 is 0 Å². The van der Waals surface area contributed by atoms with Crippen LogP contribution in [0.2, 0.25) is 0 Å². The lowest BCUT2D eigenvalue weighted by atomic mass is 10.1. The van der Waals surface area contributed by atoms with E-state index in [4.69, 9.17) is 4.74 Å². The molecular weight excluding hydrogens is 276 g/mol. The van der Waals surface area contributed by atoms with Crippen LogP contribution in [-0.4, -0.2) is 34.2 Å². The fraction of sp³-hybridized carbons (Fsp3) is 0.571. The highest BCUT2D eigenvalue weighted by Crippen LogP contribution is 2.18. The summed E-state index contributed by atoms with van der Waals surface area (Å²) in [6, 6.07) is 6.61. The van der Waals surface area contributed by atoms with E-state index in [1.54, 1.807) is 24.3 Å². The molecule has 1 aromatic carbocycles. The van der Waals surface area contributed by atoms with Crippen LogP contribution in [0.3, 0.4) is 0 Å². The Kier molecular flexibility index (Phi) is 5.39. The summed E-state index contributed by atoms with van der Waals surface area (Å²) < 4.78 is 32.2. The number of hydrogen-bond acceptors (Lipinski definition) is 4. The van der Waals surface area contributed by atoms with Crippen molar-refractivity contribution in [3.63, 3.8) is 0 Å². The topological polar surface area (TPSA) is 67.4 Å². The maximum atomic E-state index is 11.9. The third-order valence-corrected chi connectivity index (χ3v) is 4.71. The van der Waals surface area contributed by atoms with Gasteiger partial charge >= 0.3 is 0 Å². The molecule has 20 heavy (non-hydrogen) atoms. The molecule has 0 aliphatic carbocycles. The smallest absolute Gasteiger partial charge is 0.240 e. The highest BCUT2D eigenvalue weighted by molar-refractivity contribution is 7.89. The minimum absolute atomic E-state index is 0.171. The number of hydrogen-bond donors (Lipinski definition) is 2. The monoisotopic (exact) mass is 298 g/mol. The van der Waals surface area contributed by atoms with Crippen molar-refractivity contribution in [2.45, 2.75) is 37.2 Å². The molecule has 6 heteroatoms. The maximum absolute atomic E-state index is 11.9. The number of ether oxygens (including phenoxy) is 1. The van der Waals surface area contributed by atoms with Crippen molar-refractivity contribution in [1.82, 2.24) is 10.0 Å². The zero-order valence-corrected chi connectivity index (χ0v) is 12.6. The predicted octanol–water partition coefficient (Wildman–Crippen LogP) is 1.51. The first-order chi connectivity index (χ1) is 9.62. The van der Waals surface area contributed by atoms with Crippen LogP contribution in [0.4, 0.5) is 0 Å². The summed E-state index contributed by atoms with van der Waals surface area (Å²) in [4.78, 5) is 0.278. The minimum Gasteiger partial charge on any atom is -0.489 e. The molecule has 1 saturated heterocycles. The van der Waals surface area contributed by atoms with Crippen LogP contribution in [0.15, 0.2) is 29.2 Å². The van der Waals surface area contributed by atoms with Crippen molar-refractivity contribution in [2.24, 2.45) is 0 Å². The second kappa shape index (κ2) is 7.06. The molecule has 2 N–H and O–H groups in total. The van der Waals surface area contributed by atoms with Gasteiger partial charge in [0.1, 0.15) is 11.9 Å². The first kappa shape index (κ1) is 15.3. The second-order valence-electron chi connectivity index (χ2n) is 4.96. The van der Waals surface area contributed by atoms with Gasteiger partial charge in [-0.05, 0) is 50.1 Å². The number of sulfonamides is 1. The first-order valence-electron chi connectivity index (χ1n) is 7.09. The van der Waals surface area contributed by atoms with Gasteiger partial charge in [0, 0.05) is 13.1 Å². The first-order valence-corrected chi connectivity index (χ1v) is 8.57. The van der Waals surface area contributed by atoms with E-state index in [0.717, 1.165) is 32.4 Å². The highest BCUT2D eigenvalue weighted by Gasteiger charge is 2.16. The molecule has 1 unspecified atom stereocenters. The summed E-state index contributed by atoms with van der Waals surface area (Å²) >= 11 is 0. The summed E-state index contributed by atoms with van der Waals surface area (Å²) in [6.07, 6.45) is 3.09. The van der Waals surface area contributed by atoms with Gasteiger partial charge in [-0.3, -0.25) is 0 Å². The molecule has 0 amide bonds. The lowest BCUT2D eigenvalue weighted by molar-refractivity contribution is 0.167. The van der Waals surface area contributed by atoms with E-state index in [1.807, 2.05) is 6.92 Å². The van der Waals surface area contributed by atoms with Crippen LogP contribution in [0, 0.1) is 0 Å². The van der Waals surface area contributed by atoms with Crippen molar-refractivity contribution < 1.29 is 13.2 Å². The van der Waals surface area contributed by atoms with Crippen LogP contribution in [0.25, 0.3) is 0 Å². The average molecular weight is 298 g/mol. The molecule has 0 aromatic heterocycles. The van der Waals surface area contributed by atoms with Gasteiger partial charge in [0.2, 0.25) is 10.0 Å². The quantitative estimate of drug-likeness (QED) is 0.835. The molecule has 1 aromatic rings. The zero-order chi connectivity index (χ0) is 14.4. The van der Waals surface area contributed by atoms with Crippen LogP contribution in [0.5, 0.6) is 5.75 Å². The lowest BCUT2D eigenvalue weighted by Crippen LogP contribution is -2.37. The molecule has 0 radical (unpaired) electrons. The van der Waals surface area contributed by atoms with Crippen LogP contribution < -0.4 is 14.8 Å². The summed E-state index contributed by atoms with van der Waals surface area (Å²) in [7, 11) is -3.39. The van der Waals surface area contributed by atoms with Gasteiger partial charge in [-0.15, -0.1) is 0 Å². The molecule has 112 valence electrons. The molecule has 0 spiro atoms. The predicted molar refractivity (Wildman–Crippen MR) is 78.4 cm³/mol. The molecule has 1 aliphatic heterocycles. The van der Waals surface area contributed by atoms with Crippen molar-refractivity contribution in [3.05, 3.63) is 24.3 Å². The number of piperidine rings is 1. The molecule has 1 atom stereocenters. The van der Waals surface area contributed by atoms with E-state index >= 15 is 0 Å². The van der Waals surface area contributed by atoms with Gasteiger partial charge < -0.3 is 10.1 Å². The average Bonchev–Trinajstić information content (AvgIpc) is 2.47. The van der Waals surface area contributed by atoms with Gasteiger partial charge in [0.25, 0.3) is 0 Å². The molecule has 1 aliphatic rings. The number of benzene rings is 1. The van der Waals surface area contributed by atoms with Crippen LogP contribution in [-0.2, 0) is 10.0 Å². The van der Waals surface area contributed by atoms with E-state index < -0.39 is 10.0 Å². The molecule has 0 saturated carbocycles. The molecule has 1 fully saturated rings. The Hall–Kier alpha value is -1.11. The van der Waals surface area contributed by atoms with Gasteiger partial charge in [-0.2, -0.15) is 0 Å². The Morgan fingerprint density at radius 3 is 2.70 bits per heavy atom. The molecule has 5 nitrogen and oxygen atoms in total. The SMILES string of the molecule is CCCNS(=O)(=O)c1ccc(OC2CCCNC2)cc1. The molecule has 0 bridgehead atoms. The minimum atomic E-state index is -3.39. The number of nitrogens with one attached hydrogen (secondary N) is 2. The molecular formula is C14H22N2O3S. The Balaban J connectivity index is 1.98. The fourth-order valence-electron chi connectivity index (χ4n) is 2.13. The van der Waals surface area contributed by atoms with E-state index in [0.29, 0.717) is 12.3 Å². The van der Waals surface area contributed by atoms with Gasteiger partial charge in [-0.1, -0.05) is 6.92 Å². The third-order valence-electron chi connectivity index (χ3n) is 3.23. The number of rotatable bonds is 6. The van der Waals surface area contributed by atoms with E-state index in [-0.39, 0.29) is 11.0 Å². The Labute approximate surface area is 120 Å². The Bertz CT molecular complexity index is 508. The Morgan fingerprint density at radius 1 is 1.35 bits per heavy atom. The largest absolute Gasteiger partial charge is 0.489 e. The van der Waals surface area contributed by atoms with E-state index in [1.165, 1.54) is 0 Å². The van der Waals surface area contributed by atoms with Gasteiger partial charge in [0.15, 0.2) is 0 Å². The van der Waals surface area contributed by atoms with Crippen molar-refractivity contribution in [3.8, 4) is 5.75 Å². The second-order valence-corrected chi connectivity index (χ2v) is 6.72. The summed E-state index contributed by atoms with van der Waals surface area (Å²) in [5.74, 6) is 0.716. The zero-order valence-electron chi connectivity index (χ0n) is 11.8. The van der Waals surface area contributed by atoms with Crippen LogP contribution in [0.1, 0.15) is 26.2 Å². The van der Waals surface area contributed by atoms with Crippen molar-refractivity contribution in [1.29, 1.82) is 0 Å². The summed E-state index contributed by atoms with van der Waals surface area (Å²) in [6.45, 7) is 4.27. The van der Waals surface area contributed by atoms with Crippen molar-refractivity contribution >= 4 is 10.0 Å². The Morgan fingerprint density at radius 2 is 2.10 bits per heavy atom. The summed E-state index contributed by atoms with van der Waals surface area (Å²) in [5.41, 5.74) is 0. The fourth-order valence-corrected chi connectivity index (χ4v) is 3.26. The third kappa shape index (κ3) is 4.19. The highest BCUT2D eigenvalue weighted by atomic mass is 32.2. The normalized spacial score (nSPS) is 19.8. The molecule has 1 heterocycles. The van der Waals surface area contributed by atoms with E-state index in [9.17, 15) is 8.42 Å². The van der Waals surface area contributed by atoms with Gasteiger partial charge in [-0.25, -0.2) is 13.1 Å². The standard InChI is InChI=1S/C14H22N2O3S/c1-2-9-16-20(17,18)14-7-5-12(6-8-14)19-13-4-3-10-15-11-13/h5-8,13,15-16H,2-4,9-11H2,1H3. The maximum Gasteiger partial charge on any atom is 0.240 e. The summed E-state index contributed by atoms with van der Waals surface area (Å²) in [5, 5.41) is 3.28. The van der Waals surface area contributed by atoms with Crippen molar-refractivity contribution in [2.75, 3.05) is 19.6 Å². The molecule has 2 rings (SSSR count). The van der Waals surface area contributed by atoms with Gasteiger partial charge in [0.05, 0.1) is 4.90 Å². The lowest BCUT2D eigenvalue weighted by Gasteiger charge is -2.23.